The van der Waals surface area contributed by atoms with Crippen LogP contribution in [0, 0.1) is 0 Å². The van der Waals surface area contributed by atoms with Gasteiger partial charge in [-0.3, -0.25) is 4.79 Å². The molecule has 0 aliphatic carbocycles. The number of aromatic amines is 1. The number of hydrogen-bond donors (Lipinski definition) is 3. The Kier molecular flexibility index (Phi) is 3.14. The third kappa shape index (κ3) is 2.16. The first-order chi connectivity index (χ1) is 9.91. The number of benzene rings is 1. The number of primary amides is 1. The largest absolute Gasteiger partial charge is 0.399 e. The highest BCUT2D eigenvalue weighted by molar-refractivity contribution is 7.89. The summed E-state index contributed by atoms with van der Waals surface area (Å²) in [6.45, 7) is 0.303. The third-order valence-electron chi connectivity index (χ3n) is 3.79. The van der Waals surface area contributed by atoms with Gasteiger partial charge in [-0.05, 0) is 31.0 Å². The van der Waals surface area contributed by atoms with Crippen molar-refractivity contribution >= 4 is 32.5 Å². The molecule has 3 rings (SSSR count). The van der Waals surface area contributed by atoms with Gasteiger partial charge in [0.2, 0.25) is 15.9 Å². The molecule has 1 amide bonds. The van der Waals surface area contributed by atoms with Crippen molar-refractivity contribution in [3.8, 4) is 0 Å². The third-order valence-corrected chi connectivity index (χ3v) is 5.73. The zero-order chi connectivity index (χ0) is 15.2. The van der Waals surface area contributed by atoms with Gasteiger partial charge in [-0.15, -0.1) is 0 Å². The minimum absolute atomic E-state index is 0.144. The van der Waals surface area contributed by atoms with Crippen LogP contribution >= 0.6 is 0 Å². The number of anilines is 1. The Hall–Kier alpha value is -2.06. The van der Waals surface area contributed by atoms with Gasteiger partial charge in [0.1, 0.15) is 10.9 Å². The second-order valence-electron chi connectivity index (χ2n) is 5.13. The first kappa shape index (κ1) is 13.9. The fraction of sp³-hybridized carbons (Fsp3) is 0.308. The summed E-state index contributed by atoms with van der Waals surface area (Å²) in [5.74, 6) is -0.611. The van der Waals surface area contributed by atoms with Crippen LogP contribution in [0.1, 0.15) is 12.8 Å². The highest BCUT2D eigenvalue weighted by atomic mass is 32.2. The Morgan fingerprint density at radius 1 is 1.38 bits per heavy atom. The standard InChI is InChI=1S/C13H16N4O3S/c14-8-3-4-9-10(6-8)16-7-12(9)21(19,20)17-5-1-2-11(17)13(15)18/h3-4,6-7,11,16H,1-2,5,14H2,(H2,15,18). The average Bonchev–Trinajstić information content (AvgIpc) is 3.05. The quantitative estimate of drug-likeness (QED) is 0.710. The summed E-state index contributed by atoms with van der Waals surface area (Å²) in [6.07, 6.45) is 2.52. The van der Waals surface area contributed by atoms with E-state index in [9.17, 15) is 13.2 Å². The molecule has 1 fully saturated rings. The van der Waals surface area contributed by atoms with Gasteiger partial charge in [0.25, 0.3) is 0 Å². The van der Waals surface area contributed by atoms with E-state index < -0.39 is 22.0 Å². The number of H-pyrrole nitrogens is 1. The molecule has 1 saturated heterocycles. The fourth-order valence-corrected chi connectivity index (χ4v) is 4.60. The van der Waals surface area contributed by atoms with Crippen molar-refractivity contribution < 1.29 is 13.2 Å². The van der Waals surface area contributed by atoms with E-state index in [0.29, 0.717) is 36.0 Å². The number of rotatable bonds is 3. The summed E-state index contributed by atoms with van der Waals surface area (Å²) in [4.78, 5) is 14.5. The van der Waals surface area contributed by atoms with Crippen LogP contribution in [0.3, 0.4) is 0 Å². The predicted molar refractivity (Wildman–Crippen MR) is 78.8 cm³/mol. The smallest absolute Gasteiger partial charge is 0.245 e. The molecular formula is C13H16N4O3S. The van der Waals surface area contributed by atoms with Crippen LogP contribution in [-0.4, -0.2) is 36.2 Å². The highest BCUT2D eigenvalue weighted by Crippen LogP contribution is 2.31. The number of carbonyl (C=O) groups excluding carboxylic acids is 1. The molecule has 7 nitrogen and oxygen atoms in total. The lowest BCUT2D eigenvalue weighted by molar-refractivity contribution is -0.121. The summed E-state index contributed by atoms with van der Waals surface area (Å²) in [7, 11) is -3.77. The Bertz CT molecular complexity index is 812. The lowest BCUT2D eigenvalue weighted by Crippen LogP contribution is -2.43. The van der Waals surface area contributed by atoms with E-state index >= 15 is 0 Å². The molecule has 1 aromatic carbocycles. The molecule has 2 heterocycles. The van der Waals surface area contributed by atoms with E-state index in [1.165, 1.54) is 10.5 Å². The molecule has 0 radical (unpaired) electrons. The Balaban J connectivity index is 2.10. The first-order valence-electron chi connectivity index (χ1n) is 6.59. The molecule has 8 heteroatoms. The highest BCUT2D eigenvalue weighted by Gasteiger charge is 2.39. The van der Waals surface area contributed by atoms with Crippen LogP contribution in [0.15, 0.2) is 29.3 Å². The fourth-order valence-electron chi connectivity index (χ4n) is 2.77. The van der Waals surface area contributed by atoms with E-state index in [2.05, 4.69) is 4.98 Å². The number of fused-ring (bicyclic) bond motifs is 1. The van der Waals surface area contributed by atoms with Crippen LogP contribution in [0.4, 0.5) is 5.69 Å². The normalized spacial score (nSPS) is 20.1. The van der Waals surface area contributed by atoms with E-state index in [-0.39, 0.29) is 4.90 Å². The minimum atomic E-state index is -3.77. The number of amides is 1. The monoisotopic (exact) mass is 308 g/mol. The summed E-state index contributed by atoms with van der Waals surface area (Å²) >= 11 is 0. The lowest BCUT2D eigenvalue weighted by Gasteiger charge is -2.21. The summed E-state index contributed by atoms with van der Waals surface area (Å²) in [5, 5.41) is 0.555. The van der Waals surface area contributed by atoms with E-state index in [1.807, 2.05) is 0 Å². The van der Waals surface area contributed by atoms with Crippen molar-refractivity contribution in [2.24, 2.45) is 5.73 Å². The molecule has 1 unspecified atom stereocenters. The molecule has 5 N–H and O–H groups in total. The molecule has 0 spiro atoms. The van der Waals surface area contributed by atoms with E-state index in [4.69, 9.17) is 11.5 Å². The zero-order valence-corrected chi connectivity index (χ0v) is 12.1. The molecule has 1 aliphatic rings. The summed E-state index contributed by atoms with van der Waals surface area (Å²) in [5.41, 5.74) is 12.2. The van der Waals surface area contributed by atoms with Crippen LogP contribution < -0.4 is 11.5 Å². The van der Waals surface area contributed by atoms with Gasteiger partial charge >= 0.3 is 0 Å². The van der Waals surface area contributed by atoms with Crippen molar-refractivity contribution in [3.63, 3.8) is 0 Å². The maximum atomic E-state index is 12.8. The van der Waals surface area contributed by atoms with Crippen molar-refractivity contribution in [1.29, 1.82) is 0 Å². The Labute approximate surface area is 122 Å². The van der Waals surface area contributed by atoms with Crippen LogP contribution in [0.25, 0.3) is 10.9 Å². The molecule has 112 valence electrons. The molecular weight excluding hydrogens is 292 g/mol. The van der Waals surface area contributed by atoms with Crippen molar-refractivity contribution in [1.82, 2.24) is 9.29 Å². The van der Waals surface area contributed by atoms with Gasteiger partial charge in [0.05, 0.1) is 0 Å². The molecule has 1 atom stereocenters. The molecule has 1 aromatic heterocycles. The minimum Gasteiger partial charge on any atom is -0.399 e. The maximum Gasteiger partial charge on any atom is 0.245 e. The lowest BCUT2D eigenvalue weighted by atomic mass is 10.2. The number of hydrogen-bond acceptors (Lipinski definition) is 4. The number of nitrogen functional groups attached to an aromatic ring is 1. The van der Waals surface area contributed by atoms with Gasteiger partial charge in [0.15, 0.2) is 0 Å². The molecule has 0 saturated carbocycles. The second kappa shape index (κ2) is 4.74. The van der Waals surface area contributed by atoms with Crippen molar-refractivity contribution in [2.45, 2.75) is 23.8 Å². The van der Waals surface area contributed by atoms with Gasteiger partial charge in [-0.1, -0.05) is 0 Å². The zero-order valence-electron chi connectivity index (χ0n) is 11.2. The number of nitrogens with two attached hydrogens (primary N) is 2. The maximum absolute atomic E-state index is 12.8. The Morgan fingerprint density at radius 2 is 2.14 bits per heavy atom. The Morgan fingerprint density at radius 3 is 2.86 bits per heavy atom. The van der Waals surface area contributed by atoms with Crippen LogP contribution in [-0.2, 0) is 14.8 Å². The number of aromatic nitrogens is 1. The van der Waals surface area contributed by atoms with Gasteiger partial charge in [-0.25, -0.2) is 8.42 Å². The number of nitrogens with one attached hydrogen (secondary N) is 1. The molecule has 21 heavy (non-hydrogen) atoms. The predicted octanol–water partition coefficient (Wildman–Crippen LogP) is 0.389. The van der Waals surface area contributed by atoms with Crippen molar-refractivity contribution in [3.05, 3.63) is 24.4 Å². The number of sulfonamides is 1. The average molecular weight is 308 g/mol. The van der Waals surface area contributed by atoms with Gasteiger partial charge < -0.3 is 16.5 Å². The number of nitrogens with zero attached hydrogens (tertiary/aromatic N) is 1. The second-order valence-corrected chi connectivity index (χ2v) is 6.99. The summed E-state index contributed by atoms with van der Waals surface area (Å²) in [6, 6.07) is 4.20. The topological polar surface area (TPSA) is 122 Å². The van der Waals surface area contributed by atoms with Gasteiger partial charge in [0, 0.05) is 29.3 Å². The number of carbonyl (C=O) groups is 1. The van der Waals surface area contributed by atoms with Crippen LogP contribution in [0.5, 0.6) is 0 Å². The molecule has 2 aromatic rings. The van der Waals surface area contributed by atoms with E-state index in [1.54, 1.807) is 18.2 Å². The van der Waals surface area contributed by atoms with Crippen molar-refractivity contribution in [2.75, 3.05) is 12.3 Å². The van der Waals surface area contributed by atoms with Gasteiger partial charge in [-0.2, -0.15) is 4.31 Å². The molecule has 0 bridgehead atoms. The first-order valence-corrected chi connectivity index (χ1v) is 8.03. The summed E-state index contributed by atoms with van der Waals surface area (Å²) < 4.78 is 26.7. The molecule has 1 aliphatic heterocycles. The SMILES string of the molecule is NC(=O)C1CCCN1S(=O)(=O)c1c[nH]c2cc(N)ccc12. The van der Waals surface area contributed by atoms with Crippen LogP contribution in [0.2, 0.25) is 0 Å². The van der Waals surface area contributed by atoms with E-state index in [0.717, 1.165) is 0 Å².